The van der Waals surface area contributed by atoms with Gasteiger partial charge >= 0.3 is 6.02 Å². The van der Waals surface area contributed by atoms with E-state index in [9.17, 15) is 4.39 Å². The van der Waals surface area contributed by atoms with Gasteiger partial charge in [0.1, 0.15) is 12.0 Å². The highest BCUT2D eigenvalue weighted by atomic mass is 35.5. The highest BCUT2D eigenvalue weighted by Gasteiger charge is 2.26. The number of amidine groups is 1. The van der Waals surface area contributed by atoms with Crippen LogP contribution in [0.4, 0.5) is 4.39 Å². The molecule has 2 aromatic carbocycles. The molecule has 1 aliphatic rings. The SMILES string of the molecule is C=N\C(=N/C(=C\F)C(=C\C(Cl)=C(/C)c1cccc2ccccc12)/CC1CCCN1CNC)OCCCN(C)C(C)C. The molecular formula is C33H45ClFN5O. The first kappa shape index (κ1) is 32.7. The molecule has 3 rings (SSSR count). The number of likely N-dealkylation sites (tertiary alicyclic amines) is 1. The molecule has 1 saturated heterocycles. The molecule has 6 nitrogen and oxygen atoms in total. The summed E-state index contributed by atoms with van der Waals surface area (Å²) in [5.41, 5.74) is 2.79. The summed E-state index contributed by atoms with van der Waals surface area (Å²) in [5, 5.41) is 6.04. The van der Waals surface area contributed by atoms with Crippen LogP contribution in [0.5, 0.6) is 0 Å². The first-order valence-electron chi connectivity index (χ1n) is 14.4. The maximum Gasteiger partial charge on any atom is 0.316 e. The van der Waals surface area contributed by atoms with E-state index < -0.39 is 0 Å². The number of halogens is 2. The largest absolute Gasteiger partial charge is 0.463 e. The van der Waals surface area contributed by atoms with Gasteiger partial charge in [-0.05, 0) is 107 Å². The van der Waals surface area contributed by atoms with Crippen LogP contribution in [0, 0.1) is 0 Å². The highest BCUT2D eigenvalue weighted by molar-refractivity contribution is 6.34. The summed E-state index contributed by atoms with van der Waals surface area (Å²) in [6.45, 7) is 12.9. The van der Waals surface area contributed by atoms with Gasteiger partial charge in [-0.2, -0.15) is 4.99 Å². The van der Waals surface area contributed by atoms with Crippen LogP contribution in [-0.2, 0) is 4.74 Å². The predicted molar refractivity (Wildman–Crippen MR) is 173 cm³/mol. The van der Waals surface area contributed by atoms with Crippen molar-refractivity contribution in [1.82, 2.24) is 15.1 Å². The molecule has 2 aromatic rings. The van der Waals surface area contributed by atoms with Gasteiger partial charge in [0.25, 0.3) is 0 Å². The van der Waals surface area contributed by atoms with Crippen molar-refractivity contribution >= 4 is 40.7 Å². The summed E-state index contributed by atoms with van der Waals surface area (Å²) in [5.74, 6) is 0. The van der Waals surface area contributed by atoms with Crippen molar-refractivity contribution < 1.29 is 9.13 Å². The lowest BCUT2D eigenvalue weighted by Crippen LogP contribution is -2.36. The summed E-state index contributed by atoms with van der Waals surface area (Å²) in [7, 11) is 4.01. The number of hydrogen-bond acceptors (Lipinski definition) is 5. The zero-order chi connectivity index (χ0) is 29.8. The molecule has 222 valence electrons. The molecule has 1 unspecified atom stereocenters. The standard InChI is InChI=1S/C33H45ClFN5O/c1-24(2)39(6)17-11-19-41-33(37-5)38-32(22-35)27(20-28-14-10-18-40(28)23-36-4)21-31(34)25(3)29-16-9-13-26-12-7-8-15-30(26)29/h7-9,12-13,15-16,21-22,24,28,36H,5,10-11,14,17-20,23H2,1-4,6H3/b27-21-,31-25-,32-22-,38-33+. The number of fused-ring (bicyclic) bond motifs is 1. The molecular weight excluding hydrogens is 537 g/mol. The van der Waals surface area contributed by atoms with Gasteiger partial charge in [-0.25, -0.2) is 9.38 Å². The molecule has 1 aliphatic heterocycles. The summed E-state index contributed by atoms with van der Waals surface area (Å²) in [6.07, 6.45) is 5.84. The van der Waals surface area contributed by atoms with Crippen LogP contribution in [0.3, 0.4) is 0 Å². The number of ether oxygens (including phenoxy) is 1. The third-order valence-electron chi connectivity index (χ3n) is 7.72. The minimum absolute atomic E-state index is 0.0522. The Bertz CT molecular complexity index is 1280. The van der Waals surface area contributed by atoms with Gasteiger partial charge in [0, 0.05) is 30.3 Å². The second kappa shape index (κ2) is 16.6. The molecule has 0 amide bonds. The van der Waals surface area contributed by atoms with E-state index in [4.69, 9.17) is 16.3 Å². The molecule has 0 spiro atoms. The number of allylic oxidation sites excluding steroid dienone is 4. The van der Waals surface area contributed by atoms with E-state index in [-0.39, 0.29) is 17.8 Å². The zero-order valence-corrected chi connectivity index (χ0v) is 25.9. The number of nitrogens with one attached hydrogen (secondary N) is 1. The lowest BCUT2D eigenvalue weighted by molar-refractivity contribution is 0.227. The van der Waals surface area contributed by atoms with Gasteiger partial charge in [-0.15, -0.1) is 0 Å². The van der Waals surface area contributed by atoms with E-state index in [1.54, 1.807) is 0 Å². The maximum atomic E-state index is 14.6. The lowest BCUT2D eigenvalue weighted by atomic mass is 9.97. The molecule has 41 heavy (non-hydrogen) atoms. The Morgan fingerprint density at radius 1 is 1.27 bits per heavy atom. The monoisotopic (exact) mass is 581 g/mol. The number of aliphatic imine (C=N–C) groups is 2. The van der Waals surface area contributed by atoms with Crippen molar-refractivity contribution in [2.24, 2.45) is 9.98 Å². The molecule has 0 saturated carbocycles. The zero-order valence-electron chi connectivity index (χ0n) is 25.2. The molecule has 1 atom stereocenters. The van der Waals surface area contributed by atoms with Crippen molar-refractivity contribution in [3.63, 3.8) is 0 Å². The number of hydrogen-bond donors (Lipinski definition) is 1. The van der Waals surface area contributed by atoms with Crippen LogP contribution in [0.15, 0.2) is 81.2 Å². The Morgan fingerprint density at radius 3 is 2.73 bits per heavy atom. The molecule has 0 aromatic heterocycles. The first-order chi connectivity index (χ1) is 19.8. The lowest BCUT2D eigenvalue weighted by Gasteiger charge is -2.25. The fourth-order valence-corrected chi connectivity index (χ4v) is 5.32. The Hall–Kier alpha value is -2.84. The van der Waals surface area contributed by atoms with E-state index in [2.05, 4.69) is 77.0 Å². The summed E-state index contributed by atoms with van der Waals surface area (Å²) >= 11 is 6.98. The molecule has 0 aliphatic carbocycles. The molecule has 1 fully saturated rings. The van der Waals surface area contributed by atoms with Gasteiger partial charge in [0.15, 0.2) is 0 Å². The Kier molecular flexibility index (Phi) is 13.2. The van der Waals surface area contributed by atoms with Crippen molar-refractivity contribution in [3.05, 3.63) is 76.7 Å². The average molecular weight is 582 g/mol. The van der Waals surface area contributed by atoms with Crippen molar-refractivity contribution in [2.75, 3.05) is 40.5 Å². The quantitative estimate of drug-likeness (QED) is 0.116. The Balaban J connectivity index is 1.95. The van der Waals surface area contributed by atoms with Crippen LogP contribution in [0.25, 0.3) is 16.3 Å². The van der Waals surface area contributed by atoms with Crippen LogP contribution >= 0.6 is 11.6 Å². The van der Waals surface area contributed by atoms with Gasteiger partial charge in [-0.3, -0.25) is 4.90 Å². The Morgan fingerprint density at radius 2 is 2.02 bits per heavy atom. The van der Waals surface area contributed by atoms with Crippen molar-refractivity contribution in [1.29, 1.82) is 0 Å². The highest BCUT2D eigenvalue weighted by Crippen LogP contribution is 2.33. The minimum Gasteiger partial charge on any atom is -0.463 e. The Labute approximate surface area is 250 Å². The summed E-state index contributed by atoms with van der Waals surface area (Å²) < 4.78 is 20.4. The minimum atomic E-state index is 0.0522. The average Bonchev–Trinajstić information content (AvgIpc) is 3.42. The van der Waals surface area contributed by atoms with Gasteiger partial charge in [0.2, 0.25) is 0 Å². The van der Waals surface area contributed by atoms with Gasteiger partial charge in [0.05, 0.1) is 6.61 Å². The molecule has 1 N–H and O–H groups in total. The fourth-order valence-electron chi connectivity index (χ4n) is 5.09. The number of nitrogens with zero attached hydrogens (tertiary/aromatic N) is 4. The molecule has 8 heteroatoms. The third kappa shape index (κ3) is 9.33. The normalized spacial score (nSPS) is 18.0. The molecule has 0 radical (unpaired) electrons. The third-order valence-corrected chi connectivity index (χ3v) is 8.11. The van der Waals surface area contributed by atoms with E-state index in [1.165, 1.54) is 0 Å². The van der Waals surface area contributed by atoms with E-state index >= 15 is 0 Å². The van der Waals surface area contributed by atoms with Crippen molar-refractivity contribution in [3.8, 4) is 0 Å². The van der Waals surface area contributed by atoms with Crippen LogP contribution in [0.1, 0.15) is 52.0 Å². The van der Waals surface area contributed by atoms with E-state index in [0.29, 0.717) is 36.0 Å². The van der Waals surface area contributed by atoms with Gasteiger partial charge in [-0.1, -0.05) is 54.1 Å². The first-order valence-corrected chi connectivity index (χ1v) is 14.8. The summed E-state index contributed by atoms with van der Waals surface area (Å²) in [4.78, 5) is 13.0. The van der Waals surface area contributed by atoms with Crippen LogP contribution in [-0.4, -0.2) is 75.1 Å². The van der Waals surface area contributed by atoms with E-state index in [1.807, 2.05) is 38.2 Å². The maximum absolute atomic E-state index is 14.6. The second-order valence-electron chi connectivity index (χ2n) is 10.8. The predicted octanol–water partition coefficient (Wildman–Crippen LogP) is 7.38. The van der Waals surface area contributed by atoms with E-state index in [0.717, 1.165) is 60.9 Å². The van der Waals surface area contributed by atoms with Crippen LogP contribution < -0.4 is 5.32 Å². The van der Waals surface area contributed by atoms with Crippen LogP contribution in [0.2, 0.25) is 0 Å². The summed E-state index contributed by atoms with van der Waals surface area (Å²) in [6, 6.07) is 15.1. The second-order valence-corrected chi connectivity index (χ2v) is 11.2. The smallest absolute Gasteiger partial charge is 0.316 e. The molecule has 1 heterocycles. The topological polar surface area (TPSA) is 52.5 Å². The molecule has 0 bridgehead atoms. The fraction of sp³-hybridized carbons (Fsp3) is 0.455. The van der Waals surface area contributed by atoms with Crippen molar-refractivity contribution in [2.45, 2.75) is 58.5 Å². The number of benzene rings is 2. The number of rotatable bonds is 13. The van der Waals surface area contributed by atoms with Gasteiger partial charge < -0.3 is 15.0 Å².